The zero-order chi connectivity index (χ0) is 13.1. The van der Waals surface area contributed by atoms with E-state index in [-0.39, 0.29) is 12.1 Å². The van der Waals surface area contributed by atoms with Crippen molar-refractivity contribution in [2.45, 2.75) is 26.0 Å². The van der Waals surface area contributed by atoms with Crippen LogP contribution >= 0.6 is 0 Å². The monoisotopic (exact) mass is 246 g/mol. The number of aryl methyl sites for hydroxylation is 1. The van der Waals surface area contributed by atoms with Crippen molar-refractivity contribution in [1.82, 2.24) is 14.5 Å². The summed E-state index contributed by atoms with van der Waals surface area (Å²) in [6.45, 7) is 3.96. The molecule has 2 aromatic rings. The van der Waals surface area contributed by atoms with Crippen molar-refractivity contribution in [2.75, 3.05) is 0 Å². The van der Waals surface area contributed by atoms with E-state index in [1.165, 1.54) is 0 Å². The number of pyridine rings is 1. The number of nitrogens with two attached hydrogens (primary N) is 1. The zero-order valence-corrected chi connectivity index (χ0v) is 10.9. The van der Waals surface area contributed by atoms with Crippen LogP contribution in [0.25, 0.3) is 0 Å². The lowest BCUT2D eigenvalue weighted by Gasteiger charge is -2.14. The molecular weight excluding hydrogens is 228 g/mol. The number of hydrogen-bond acceptors (Lipinski definition) is 4. The molecule has 5 heteroatoms. The van der Waals surface area contributed by atoms with Gasteiger partial charge in [-0.05, 0) is 25.5 Å². The number of imidazole rings is 1. The number of ether oxygens (including phenoxy) is 1. The van der Waals surface area contributed by atoms with E-state index in [0.29, 0.717) is 0 Å². The molecule has 0 radical (unpaired) electrons. The minimum atomic E-state index is -0.298. The van der Waals surface area contributed by atoms with Gasteiger partial charge in [-0.3, -0.25) is 4.98 Å². The van der Waals surface area contributed by atoms with E-state index in [1.807, 2.05) is 37.7 Å². The second-order valence-corrected chi connectivity index (χ2v) is 4.49. The molecular formula is C13H18N4O. The van der Waals surface area contributed by atoms with Crippen molar-refractivity contribution in [3.63, 3.8) is 0 Å². The van der Waals surface area contributed by atoms with Crippen molar-refractivity contribution in [1.29, 1.82) is 0 Å². The normalized spacial score (nSPS) is 12.7. The number of aromatic nitrogens is 3. The lowest BCUT2D eigenvalue weighted by Crippen LogP contribution is -2.17. The van der Waals surface area contributed by atoms with Crippen molar-refractivity contribution in [2.24, 2.45) is 12.8 Å². The van der Waals surface area contributed by atoms with Crippen LogP contribution in [0, 0.1) is 0 Å². The van der Waals surface area contributed by atoms with Gasteiger partial charge in [0.2, 0.25) is 0 Å². The molecule has 0 aliphatic carbocycles. The van der Waals surface area contributed by atoms with Gasteiger partial charge in [0, 0.05) is 25.6 Å². The summed E-state index contributed by atoms with van der Waals surface area (Å²) in [6, 6.07) is 1.61. The smallest absolute Gasteiger partial charge is 0.138 e. The first kappa shape index (κ1) is 12.6. The van der Waals surface area contributed by atoms with Crippen LogP contribution in [-0.2, 0) is 7.05 Å². The van der Waals surface area contributed by atoms with E-state index >= 15 is 0 Å². The first-order valence-electron chi connectivity index (χ1n) is 5.92. The molecule has 0 bridgehead atoms. The molecule has 96 valence electrons. The molecule has 0 amide bonds. The Balaban J connectivity index is 2.25. The van der Waals surface area contributed by atoms with Gasteiger partial charge in [0.1, 0.15) is 11.6 Å². The van der Waals surface area contributed by atoms with Crippen molar-refractivity contribution in [3.05, 3.63) is 42.2 Å². The zero-order valence-electron chi connectivity index (χ0n) is 10.9. The Hall–Kier alpha value is -1.88. The average Bonchev–Trinajstić information content (AvgIpc) is 2.74. The van der Waals surface area contributed by atoms with Crippen LogP contribution in [0.4, 0.5) is 0 Å². The summed E-state index contributed by atoms with van der Waals surface area (Å²) in [5.41, 5.74) is 7.07. The minimum Gasteiger partial charge on any atom is -0.489 e. The summed E-state index contributed by atoms with van der Waals surface area (Å²) in [7, 11) is 1.92. The summed E-state index contributed by atoms with van der Waals surface area (Å²) in [5, 5.41) is 0. The highest BCUT2D eigenvalue weighted by molar-refractivity contribution is 5.29. The van der Waals surface area contributed by atoms with E-state index in [1.54, 1.807) is 18.6 Å². The van der Waals surface area contributed by atoms with Crippen LogP contribution in [0.3, 0.4) is 0 Å². The Kier molecular flexibility index (Phi) is 3.62. The van der Waals surface area contributed by atoms with Crippen LogP contribution in [0.1, 0.15) is 31.3 Å². The molecule has 0 saturated carbocycles. The van der Waals surface area contributed by atoms with Crippen molar-refractivity contribution < 1.29 is 4.74 Å². The number of hydrogen-bond donors (Lipinski definition) is 1. The molecule has 0 saturated heterocycles. The third-order valence-electron chi connectivity index (χ3n) is 2.60. The van der Waals surface area contributed by atoms with E-state index < -0.39 is 0 Å². The van der Waals surface area contributed by atoms with E-state index in [9.17, 15) is 0 Å². The minimum absolute atomic E-state index is 0.117. The molecule has 2 N–H and O–H groups in total. The lowest BCUT2D eigenvalue weighted by molar-refractivity contribution is 0.241. The summed E-state index contributed by atoms with van der Waals surface area (Å²) >= 11 is 0. The Morgan fingerprint density at radius 2 is 2.11 bits per heavy atom. The van der Waals surface area contributed by atoms with Gasteiger partial charge in [-0.2, -0.15) is 0 Å². The SMILES string of the molecule is CC(C)Oc1cncc(C(N)c2nccn2C)c1. The van der Waals surface area contributed by atoms with Gasteiger partial charge >= 0.3 is 0 Å². The highest BCUT2D eigenvalue weighted by atomic mass is 16.5. The second kappa shape index (κ2) is 5.18. The van der Waals surface area contributed by atoms with Gasteiger partial charge < -0.3 is 15.0 Å². The van der Waals surface area contributed by atoms with Gasteiger partial charge in [-0.1, -0.05) is 0 Å². The maximum Gasteiger partial charge on any atom is 0.138 e. The molecule has 0 aliphatic heterocycles. The molecule has 0 fully saturated rings. The highest BCUT2D eigenvalue weighted by Crippen LogP contribution is 2.21. The molecule has 1 unspecified atom stereocenters. The van der Waals surface area contributed by atoms with E-state index in [4.69, 9.17) is 10.5 Å². The van der Waals surface area contributed by atoms with Crippen LogP contribution in [0.15, 0.2) is 30.9 Å². The molecule has 0 spiro atoms. The summed E-state index contributed by atoms with van der Waals surface area (Å²) in [5.74, 6) is 1.53. The van der Waals surface area contributed by atoms with E-state index in [2.05, 4.69) is 9.97 Å². The molecule has 2 heterocycles. The molecule has 18 heavy (non-hydrogen) atoms. The molecule has 2 aromatic heterocycles. The molecule has 2 rings (SSSR count). The predicted molar refractivity (Wildman–Crippen MR) is 69.2 cm³/mol. The lowest BCUT2D eigenvalue weighted by atomic mass is 10.1. The molecule has 5 nitrogen and oxygen atoms in total. The highest BCUT2D eigenvalue weighted by Gasteiger charge is 2.14. The standard InChI is InChI=1S/C13H18N4O/c1-9(2)18-11-6-10(7-15-8-11)12(14)13-16-4-5-17(13)3/h4-9,12H,14H2,1-3H3. The maximum atomic E-state index is 6.18. The predicted octanol–water partition coefficient (Wildman–Crippen LogP) is 1.65. The Bertz CT molecular complexity index is 521. The van der Waals surface area contributed by atoms with Gasteiger partial charge in [-0.15, -0.1) is 0 Å². The fourth-order valence-corrected chi connectivity index (χ4v) is 1.77. The van der Waals surface area contributed by atoms with Gasteiger partial charge in [0.25, 0.3) is 0 Å². The molecule has 0 aromatic carbocycles. The average molecular weight is 246 g/mol. The van der Waals surface area contributed by atoms with Gasteiger partial charge in [-0.25, -0.2) is 4.98 Å². The van der Waals surface area contributed by atoms with Gasteiger partial charge in [0.15, 0.2) is 0 Å². The largest absolute Gasteiger partial charge is 0.489 e. The third kappa shape index (κ3) is 2.68. The Morgan fingerprint density at radius 3 is 2.72 bits per heavy atom. The molecule has 1 atom stereocenters. The molecule has 0 aliphatic rings. The fraction of sp³-hybridized carbons (Fsp3) is 0.385. The summed E-state index contributed by atoms with van der Waals surface area (Å²) < 4.78 is 7.51. The number of rotatable bonds is 4. The Labute approximate surface area is 107 Å². The van der Waals surface area contributed by atoms with Crippen LogP contribution in [0.2, 0.25) is 0 Å². The maximum absolute atomic E-state index is 6.18. The third-order valence-corrected chi connectivity index (χ3v) is 2.60. The van der Waals surface area contributed by atoms with Gasteiger partial charge in [0.05, 0.1) is 18.3 Å². The fourth-order valence-electron chi connectivity index (χ4n) is 1.77. The quantitative estimate of drug-likeness (QED) is 0.890. The van der Waals surface area contributed by atoms with Crippen LogP contribution in [0.5, 0.6) is 5.75 Å². The van der Waals surface area contributed by atoms with Crippen LogP contribution in [-0.4, -0.2) is 20.6 Å². The Morgan fingerprint density at radius 1 is 1.33 bits per heavy atom. The number of nitrogens with zero attached hydrogens (tertiary/aromatic N) is 3. The topological polar surface area (TPSA) is 66.0 Å². The second-order valence-electron chi connectivity index (χ2n) is 4.49. The summed E-state index contributed by atoms with van der Waals surface area (Å²) in [6.07, 6.45) is 7.15. The first-order valence-corrected chi connectivity index (χ1v) is 5.92. The van der Waals surface area contributed by atoms with Crippen molar-refractivity contribution >= 4 is 0 Å². The van der Waals surface area contributed by atoms with Crippen molar-refractivity contribution in [3.8, 4) is 5.75 Å². The first-order chi connectivity index (χ1) is 8.58. The van der Waals surface area contributed by atoms with E-state index in [0.717, 1.165) is 17.1 Å². The summed E-state index contributed by atoms with van der Waals surface area (Å²) in [4.78, 5) is 8.41. The van der Waals surface area contributed by atoms with Crippen LogP contribution < -0.4 is 10.5 Å².